The Morgan fingerprint density at radius 1 is 1.06 bits per heavy atom. The average Bonchev–Trinajstić information content (AvgIpc) is 2.82. The summed E-state index contributed by atoms with van der Waals surface area (Å²) in [7, 11) is 3.24. The first-order valence-electron chi connectivity index (χ1n) is 11.0. The molecule has 0 aliphatic heterocycles. The maximum absolute atomic E-state index is 13.2. The molecule has 5 nitrogen and oxygen atoms in total. The van der Waals surface area contributed by atoms with Gasteiger partial charge in [-0.3, -0.25) is 4.79 Å². The van der Waals surface area contributed by atoms with Gasteiger partial charge in [0.2, 0.25) is 0 Å². The van der Waals surface area contributed by atoms with Crippen LogP contribution in [0.1, 0.15) is 49.9 Å². The standard InChI is InChI=1S/C26H32N2O3/c1-5-7-10-18(6-2)17-27-26(29)22-16-24(28-23-12-9-8-11-20(22)23)21-14-13-19(30-3)15-25(21)31-4/h8-9,11-16,18H,5-7,10,17H2,1-4H3,(H,27,29)/t18-/m0/s1. The highest BCUT2D eigenvalue weighted by atomic mass is 16.5. The number of carbonyl (C=O) groups excluding carboxylic acids is 1. The Bertz CT molecular complexity index is 1030. The Balaban J connectivity index is 1.97. The van der Waals surface area contributed by atoms with E-state index >= 15 is 0 Å². The Labute approximate surface area is 184 Å². The van der Waals surface area contributed by atoms with Crippen molar-refractivity contribution >= 4 is 16.8 Å². The predicted molar refractivity (Wildman–Crippen MR) is 126 cm³/mol. The van der Waals surface area contributed by atoms with Crippen LogP contribution in [0.4, 0.5) is 0 Å². The minimum absolute atomic E-state index is 0.0673. The number of hydrogen-bond acceptors (Lipinski definition) is 4. The molecule has 5 heteroatoms. The zero-order valence-electron chi connectivity index (χ0n) is 18.9. The summed E-state index contributed by atoms with van der Waals surface area (Å²) < 4.78 is 10.9. The van der Waals surface area contributed by atoms with Gasteiger partial charge in [-0.25, -0.2) is 4.98 Å². The molecule has 1 amide bonds. The normalized spacial score (nSPS) is 11.9. The molecule has 0 saturated heterocycles. The van der Waals surface area contributed by atoms with Crippen molar-refractivity contribution in [1.29, 1.82) is 0 Å². The summed E-state index contributed by atoms with van der Waals surface area (Å²) in [6.07, 6.45) is 4.56. The lowest BCUT2D eigenvalue weighted by Gasteiger charge is -2.17. The number of nitrogens with zero attached hydrogens (tertiary/aromatic N) is 1. The van der Waals surface area contributed by atoms with Crippen LogP contribution in [-0.2, 0) is 0 Å². The molecular formula is C26H32N2O3. The number of nitrogens with one attached hydrogen (secondary N) is 1. The van der Waals surface area contributed by atoms with Gasteiger partial charge in [-0.1, -0.05) is 51.3 Å². The summed E-state index contributed by atoms with van der Waals surface area (Å²) in [5.74, 6) is 1.79. The van der Waals surface area contributed by atoms with E-state index in [1.54, 1.807) is 14.2 Å². The number of ether oxygens (including phenoxy) is 2. The molecule has 0 spiro atoms. The van der Waals surface area contributed by atoms with Crippen LogP contribution < -0.4 is 14.8 Å². The van der Waals surface area contributed by atoms with E-state index in [4.69, 9.17) is 14.5 Å². The van der Waals surface area contributed by atoms with Gasteiger partial charge in [0.05, 0.1) is 31.0 Å². The molecule has 0 aliphatic rings. The summed E-state index contributed by atoms with van der Waals surface area (Å²) >= 11 is 0. The highest BCUT2D eigenvalue weighted by Gasteiger charge is 2.17. The van der Waals surface area contributed by atoms with E-state index < -0.39 is 0 Å². The van der Waals surface area contributed by atoms with Crippen LogP contribution in [0.25, 0.3) is 22.2 Å². The van der Waals surface area contributed by atoms with Crippen LogP contribution in [0, 0.1) is 5.92 Å². The lowest BCUT2D eigenvalue weighted by Crippen LogP contribution is -2.29. The summed E-state index contributed by atoms with van der Waals surface area (Å²) in [4.78, 5) is 18.0. The molecule has 164 valence electrons. The van der Waals surface area contributed by atoms with Crippen LogP contribution in [0.3, 0.4) is 0 Å². The van der Waals surface area contributed by atoms with Crippen molar-refractivity contribution in [3.8, 4) is 22.8 Å². The number of carbonyl (C=O) groups is 1. The monoisotopic (exact) mass is 420 g/mol. The van der Waals surface area contributed by atoms with E-state index in [2.05, 4.69) is 19.2 Å². The van der Waals surface area contributed by atoms with Crippen molar-refractivity contribution < 1.29 is 14.3 Å². The molecule has 0 unspecified atom stereocenters. The topological polar surface area (TPSA) is 60.5 Å². The van der Waals surface area contributed by atoms with Crippen molar-refractivity contribution in [1.82, 2.24) is 10.3 Å². The van der Waals surface area contributed by atoms with Gasteiger partial charge in [0, 0.05) is 23.6 Å². The highest BCUT2D eigenvalue weighted by molar-refractivity contribution is 6.07. The number of fused-ring (bicyclic) bond motifs is 1. The lowest BCUT2D eigenvalue weighted by atomic mass is 9.98. The molecule has 1 atom stereocenters. The summed E-state index contributed by atoms with van der Waals surface area (Å²) in [6.45, 7) is 5.07. The number of benzene rings is 2. The third kappa shape index (κ3) is 5.35. The van der Waals surface area contributed by atoms with Crippen LogP contribution in [0.2, 0.25) is 0 Å². The summed E-state index contributed by atoms with van der Waals surface area (Å²) in [5.41, 5.74) is 2.92. The second-order valence-electron chi connectivity index (χ2n) is 7.76. The lowest BCUT2D eigenvalue weighted by molar-refractivity contribution is 0.0947. The molecule has 2 aromatic carbocycles. The number of pyridine rings is 1. The number of amides is 1. The van der Waals surface area contributed by atoms with E-state index in [1.807, 2.05) is 48.5 Å². The molecular weight excluding hydrogens is 388 g/mol. The maximum Gasteiger partial charge on any atom is 0.252 e. The zero-order chi connectivity index (χ0) is 22.2. The van der Waals surface area contributed by atoms with Gasteiger partial charge in [0.25, 0.3) is 5.91 Å². The van der Waals surface area contributed by atoms with Gasteiger partial charge in [0.15, 0.2) is 0 Å². The van der Waals surface area contributed by atoms with Crippen molar-refractivity contribution in [2.45, 2.75) is 39.5 Å². The van der Waals surface area contributed by atoms with Crippen molar-refractivity contribution in [2.24, 2.45) is 5.92 Å². The van der Waals surface area contributed by atoms with Crippen molar-refractivity contribution in [3.05, 3.63) is 54.1 Å². The largest absolute Gasteiger partial charge is 0.497 e. The Hall–Kier alpha value is -3.08. The van der Waals surface area contributed by atoms with Gasteiger partial charge in [-0.05, 0) is 36.6 Å². The van der Waals surface area contributed by atoms with E-state index in [-0.39, 0.29) is 5.91 Å². The Morgan fingerprint density at radius 3 is 2.58 bits per heavy atom. The van der Waals surface area contributed by atoms with E-state index in [1.165, 1.54) is 12.8 Å². The Morgan fingerprint density at radius 2 is 1.87 bits per heavy atom. The average molecular weight is 421 g/mol. The first kappa shape index (κ1) is 22.6. The molecule has 1 heterocycles. The SMILES string of the molecule is CCCC[C@H](CC)CNC(=O)c1cc(-c2ccc(OC)cc2OC)nc2ccccc12. The molecule has 0 fully saturated rings. The number of rotatable bonds is 10. The van der Waals surface area contributed by atoms with Crippen LogP contribution in [0.5, 0.6) is 11.5 Å². The van der Waals surface area contributed by atoms with E-state index in [9.17, 15) is 4.79 Å². The molecule has 0 bridgehead atoms. The fourth-order valence-electron chi connectivity index (χ4n) is 3.79. The number of para-hydroxylation sites is 1. The minimum Gasteiger partial charge on any atom is -0.497 e. The van der Waals surface area contributed by atoms with Gasteiger partial charge < -0.3 is 14.8 Å². The van der Waals surface area contributed by atoms with Crippen molar-refractivity contribution in [3.63, 3.8) is 0 Å². The fourth-order valence-corrected chi connectivity index (χ4v) is 3.79. The number of hydrogen-bond donors (Lipinski definition) is 1. The van der Waals surface area contributed by atoms with Gasteiger partial charge in [0.1, 0.15) is 11.5 Å². The Kier molecular flexibility index (Phi) is 7.88. The number of unbranched alkanes of at least 4 members (excludes halogenated alkanes) is 1. The molecule has 1 aromatic heterocycles. The first-order chi connectivity index (χ1) is 15.1. The summed E-state index contributed by atoms with van der Waals surface area (Å²) in [6, 6.07) is 15.2. The first-order valence-corrected chi connectivity index (χ1v) is 11.0. The molecule has 31 heavy (non-hydrogen) atoms. The van der Waals surface area contributed by atoms with E-state index in [0.29, 0.717) is 35.2 Å². The molecule has 0 radical (unpaired) electrons. The molecule has 0 aliphatic carbocycles. The molecule has 0 saturated carbocycles. The van der Waals surface area contributed by atoms with Crippen LogP contribution in [-0.4, -0.2) is 31.7 Å². The van der Waals surface area contributed by atoms with Gasteiger partial charge in [-0.15, -0.1) is 0 Å². The molecule has 1 N–H and O–H groups in total. The fraction of sp³-hybridized carbons (Fsp3) is 0.385. The molecule has 3 aromatic rings. The van der Waals surface area contributed by atoms with Gasteiger partial charge in [-0.2, -0.15) is 0 Å². The van der Waals surface area contributed by atoms with Crippen molar-refractivity contribution in [2.75, 3.05) is 20.8 Å². The number of methoxy groups -OCH3 is 2. The van der Waals surface area contributed by atoms with Crippen LogP contribution in [0.15, 0.2) is 48.5 Å². The predicted octanol–water partition coefficient (Wildman–Crippen LogP) is 5.87. The second kappa shape index (κ2) is 10.8. The third-order valence-electron chi connectivity index (χ3n) is 5.74. The zero-order valence-corrected chi connectivity index (χ0v) is 18.9. The molecule has 3 rings (SSSR count). The second-order valence-corrected chi connectivity index (χ2v) is 7.76. The third-order valence-corrected chi connectivity index (χ3v) is 5.74. The highest BCUT2D eigenvalue weighted by Crippen LogP contribution is 2.34. The summed E-state index contributed by atoms with van der Waals surface area (Å²) in [5, 5.41) is 4.00. The van der Waals surface area contributed by atoms with Gasteiger partial charge >= 0.3 is 0 Å². The van der Waals surface area contributed by atoms with Crippen LogP contribution >= 0.6 is 0 Å². The van der Waals surface area contributed by atoms with E-state index in [0.717, 1.165) is 29.3 Å². The quantitative estimate of drug-likeness (QED) is 0.446. The minimum atomic E-state index is -0.0673. The maximum atomic E-state index is 13.2. The number of aromatic nitrogens is 1. The smallest absolute Gasteiger partial charge is 0.252 e.